The van der Waals surface area contributed by atoms with Gasteiger partial charge in [0.1, 0.15) is 6.10 Å². The molecule has 34 heavy (non-hydrogen) atoms. The van der Waals surface area contributed by atoms with E-state index in [-0.39, 0.29) is 24.0 Å². The summed E-state index contributed by atoms with van der Waals surface area (Å²) < 4.78 is 11.7. The van der Waals surface area contributed by atoms with Crippen LogP contribution in [0.1, 0.15) is 23.2 Å². The Morgan fingerprint density at radius 3 is 2.65 bits per heavy atom. The lowest BCUT2D eigenvalue weighted by Gasteiger charge is -2.40. The first-order chi connectivity index (χ1) is 16.6. The van der Waals surface area contributed by atoms with E-state index in [1.807, 2.05) is 7.05 Å². The van der Waals surface area contributed by atoms with Crippen LogP contribution in [0.3, 0.4) is 0 Å². The van der Waals surface area contributed by atoms with Gasteiger partial charge in [-0.3, -0.25) is 9.78 Å². The number of aromatic nitrogens is 5. The average Bonchev–Trinajstić information content (AvgIpc) is 2.86. The Hall–Kier alpha value is -3.86. The molecule has 0 bridgehead atoms. The molecule has 1 saturated carbocycles. The van der Waals surface area contributed by atoms with Gasteiger partial charge >= 0.3 is 0 Å². The summed E-state index contributed by atoms with van der Waals surface area (Å²) in [5.74, 6) is 1.22. The van der Waals surface area contributed by atoms with Gasteiger partial charge in [-0.2, -0.15) is 4.98 Å². The van der Waals surface area contributed by atoms with Gasteiger partial charge in [0.15, 0.2) is 0 Å². The first kappa shape index (κ1) is 22.0. The third-order valence-electron chi connectivity index (χ3n) is 6.09. The molecular formula is C23H26N8O3. The summed E-state index contributed by atoms with van der Waals surface area (Å²) >= 11 is 0. The van der Waals surface area contributed by atoms with E-state index >= 15 is 0 Å². The molecule has 1 aliphatic heterocycles. The van der Waals surface area contributed by atoms with Crippen LogP contribution in [0, 0.1) is 0 Å². The molecule has 2 fully saturated rings. The molecule has 0 unspecified atom stereocenters. The topological polar surface area (TPSA) is 132 Å². The van der Waals surface area contributed by atoms with E-state index in [0.717, 1.165) is 18.4 Å². The number of carbonyl (C=O) groups is 1. The van der Waals surface area contributed by atoms with Crippen molar-refractivity contribution in [2.45, 2.75) is 25.0 Å². The van der Waals surface area contributed by atoms with Crippen molar-refractivity contribution >= 4 is 17.8 Å². The smallest absolute Gasteiger partial charge is 0.255 e. The van der Waals surface area contributed by atoms with Crippen LogP contribution in [0.5, 0.6) is 5.88 Å². The molecule has 0 spiro atoms. The number of nitrogens with two attached hydrogens (primary N) is 1. The lowest BCUT2D eigenvalue weighted by Crippen LogP contribution is -2.50. The van der Waals surface area contributed by atoms with Gasteiger partial charge in [-0.25, -0.2) is 15.0 Å². The van der Waals surface area contributed by atoms with Crippen molar-refractivity contribution in [1.29, 1.82) is 0 Å². The Bertz CT molecular complexity index is 1130. The molecule has 5 rings (SSSR count). The number of ether oxygens (including phenoxy) is 2. The highest BCUT2D eigenvalue weighted by atomic mass is 16.5. The van der Waals surface area contributed by atoms with E-state index in [4.69, 9.17) is 20.2 Å². The summed E-state index contributed by atoms with van der Waals surface area (Å²) in [7, 11) is 1.82. The molecule has 0 aromatic carbocycles. The lowest BCUT2D eigenvalue weighted by molar-refractivity contribution is 0.0236. The third kappa shape index (κ3) is 4.74. The number of hydrogen-bond acceptors (Lipinski definition) is 10. The molecule has 2 N–H and O–H groups in total. The fraction of sp³-hybridized carbons (Fsp3) is 0.391. The van der Waals surface area contributed by atoms with Crippen molar-refractivity contribution in [3.8, 4) is 17.1 Å². The molecule has 1 amide bonds. The number of anilines is 2. The van der Waals surface area contributed by atoms with Gasteiger partial charge in [0, 0.05) is 75.4 Å². The molecule has 1 aliphatic carbocycles. The monoisotopic (exact) mass is 462 g/mol. The first-order valence-electron chi connectivity index (χ1n) is 11.2. The number of carbonyl (C=O) groups excluding carboxylic acids is 1. The number of amides is 1. The maximum absolute atomic E-state index is 12.7. The zero-order valence-electron chi connectivity index (χ0n) is 18.9. The van der Waals surface area contributed by atoms with Gasteiger partial charge in [-0.15, -0.1) is 0 Å². The fourth-order valence-electron chi connectivity index (χ4n) is 3.98. The van der Waals surface area contributed by atoms with E-state index in [2.05, 4.69) is 24.8 Å². The van der Waals surface area contributed by atoms with Crippen molar-refractivity contribution in [1.82, 2.24) is 29.8 Å². The Kier molecular flexibility index (Phi) is 6.17. The van der Waals surface area contributed by atoms with Crippen molar-refractivity contribution in [3.05, 3.63) is 48.5 Å². The van der Waals surface area contributed by atoms with E-state index in [1.165, 1.54) is 0 Å². The van der Waals surface area contributed by atoms with Crippen LogP contribution in [0.4, 0.5) is 11.9 Å². The molecule has 4 heterocycles. The highest BCUT2D eigenvalue weighted by Gasteiger charge is 2.36. The quantitative estimate of drug-likeness (QED) is 0.573. The highest BCUT2D eigenvalue weighted by Crippen LogP contribution is 2.31. The normalized spacial score (nSPS) is 19.9. The van der Waals surface area contributed by atoms with Gasteiger partial charge < -0.3 is 25.0 Å². The van der Waals surface area contributed by atoms with Crippen molar-refractivity contribution in [3.63, 3.8) is 0 Å². The van der Waals surface area contributed by atoms with Crippen molar-refractivity contribution in [2.24, 2.45) is 0 Å². The van der Waals surface area contributed by atoms with Crippen LogP contribution in [-0.4, -0.2) is 81.2 Å². The largest absolute Gasteiger partial charge is 0.474 e. The number of hydrogen-bond donors (Lipinski definition) is 1. The van der Waals surface area contributed by atoms with E-state index in [0.29, 0.717) is 49.4 Å². The number of nitrogens with zero attached hydrogens (tertiary/aromatic N) is 7. The second kappa shape index (κ2) is 9.56. The molecule has 0 radical (unpaired) electrons. The molecule has 3 aromatic heterocycles. The summed E-state index contributed by atoms with van der Waals surface area (Å²) in [6.45, 7) is 2.65. The zero-order chi connectivity index (χ0) is 23.5. The van der Waals surface area contributed by atoms with Crippen LogP contribution in [0.15, 0.2) is 43.0 Å². The minimum atomic E-state index is -0.0443. The molecule has 11 nitrogen and oxygen atoms in total. The van der Waals surface area contributed by atoms with Crippen molar-refractivity contribution in [2.75, 3.05) is 44.0 Å². The second-order valence-corrected chi connectivity index (χ2v) is 8.34. The minimum Gasteiger partial charge on any atom is -0.474 e. The SMILES string of the molecule is CN(C(=O)c1cccnc1)[C@H]1C[C@H](Oc2cc(-c3cnc(N)nc3)nc(N3CCOCC3)n2)C1. The molecular weight excluding hydrogens is 436 g/mol. The Morgan fingerprint density at radius 2 is 1.94 bits per heavy atom. The number of nitrogen functional groups attached to an aromatic ring is 1. The molecule has 0 atom stereocenters. The zero-order valence-corrected chi connectivity index (χ0v) is 18.9. The Labute approximate surface area is 197 Å². The van der Waals surface area contributed by atoms with Crippen molar-refractivity contribution < 1.29 is 14.3 Å². The van der Waals surface area contributed by atoms with Crippen LogP contribution >= 0.6 is 0 Å². The first-order valence-corrected chi connectivity index (χ1v) is 11.2. The summed E-state index contributed by atoms with van der Waals surface area (Å²) in [6.07, 6.45) is 7.91. The number of rotatable bonds is 6. The van der Waals surface area contributed by atoms with Gasteiger partial charge in [-0.05, 0) is 12.1 Å². The van der Waals surface area contributed by atoms with E-state index < -0.39 is 0 Å². The van der Waals surface area contributed by atoms with Crippen LogP contribution in [0.25, 0.3) is 11.3 Å². The summed E-state index contributed by atoms with van der Waals surface area (Å²) in [5.41, 5.74) is 7.60. The summed E-state index contributed by atoms with van der Waals surface area (Å²) in [5, 5.41) is 0. The highest BCUT2D eigenvalue weighted by molar-refractivity contribution is 5.94. The predicted molar refractivity (Wildman–Crippen MR) is 124 cm³/mol. The Morgan fingerprint density at radius 1 is 1.18 bits per heavy atom. The summed E-state index contributed by atoms with van der Waals surface area (Å²) in [4.78, 5) is 38.1. The van der Waals surface area contributed by atoms with Crippen LogP contribution in [0.2, 0.25) is 0 Å². The molecule has 1 saturated heterocycles. The lowest BCUT2D eigenvalue weighted by atomic mass is 9.87. The number of pyridine rings is 1. The van der Waals surface area contributed by atoms with E-state index in [1.54, 1.807) is 47.9 Å². The molecule has 3 aromatic rings. The molecule has 11 heteroatoms. The van der Waals surface area contributed by atoms with Gasteiger partial charge in [0.05, 0.1) is 24.5 Å². The van der Waals surface area contributed by atoms with Crippen LogP contribution in [-0.2, 0) is 4.74 Å². The average molecular weight is 463 g/mol. The van der Waals surface area contributed by atoms with Gasteiger partial charge in [0.2, 0.25) is 17.8 Å². The molecule has 176 valence electrons. The summed E-state index contributed by atoms with van der Waals surface area (Å²) in [6, 6.07) is 5.42. The van der Waals surface area contributed by atoms with Gasteiger partial charge in [0.25, 0.3) is 5.91 Å². The Balaban J connectivity index is 1.30. The standard InChI is InChI=1S/C23H26N8O3/c1-30(21(32)15-3-2-4-25-12-15)17-9-18(10-17)34-20-11-19(16-13-26-22(24)27-14-16)28-23(29-20)31-5-7-33-8-6-31/h2-4,11-14,17-18H,5-10H2,1H3,(H2,24,26,27)/t17-,18-. The maximum Gasteiger partial charge on any atom is 0.255 e. The predicted octanol–water partition coefficient (Wildman–Crippen LogP) is 1.43. The second-order valence-electron chi connectivity index (χ2n) is 8.34. The fourth-order valence-corrected chi connectivity index (χ4v) is 3.98. The maximum atomic E-state index is 12.7. The minimum absolute atomic E-state index is 0.0428. The van der Waals surface area contributed by atoms with Gasteiger partial charge in [-0.1, -0.05) is 0 Å². The third-order valence-corrected chi connectivity index (χ3v) is 6.09. The van der Waals surface area contributed by atoms with E-state index in [9.17, 15) is 4.79 Å². The molecule has 2 aliphatic rings. The van der Waals surface area contributed by atoms with Crippen LogP contribution < -0.4 is 15.4 Å². The number of morpholine rings is 1.